The number of fused-ring (bicyclic) bond motifs is 1. The third kappa shape index (κ3) is 2.61. The molecule has 3 heterocycles. The van der Waals surface area contributed by atoms with Crippen molar-refractivity contribution < 1.29 is 9.84 Å². The molecule has 0 unspecified atom stereocenters. The van der Waals surface area contributed by atoms with Crippen molar-refractivity contribution in [1.29, 1.82) is 0 Å². The van der Waals surface area contributed by atoms with Gasteiger partial charge in [-0.05, 0) is 26.8 Å². The number of aliphatic hydroxyl groups is 1. The summed E-state index contributed by atoms with van der Waals surface area (Å²) in [4.78, 5) is 8.77. The van der Waals surface area contributed by atoms with E-state index in [1.165, 1.54) is 5.56 Å². The zero-order chi connectivity index (χ0) is 17.6. The summed E-state index contributed by atoms with van der Waals surface area (Å²) in [6.07, 6.45) is 6.40. The minimum atomic E-state index is -0.734. The van der Waals surface area contributed by atoms with Gasteiger partial charge >= 0.3 is 0 Å². The molecule has 3 aromatic rings. The minimum absolute atomic E-state index is 0.314. The Balaban J connectivity index is 1.87. The summed E-state index contributed by atoms with van der Waals surface area (Å²) in [5, 5.41) is 11.0. The maximum atomic E-state index is 11.0. The van der Waals surface area contributed by atoms with Crippen LogP contribution >= 0.6 is 0 Å². The molecule has 2 atom stereocenters. The van der Waals surface area contributed by atoms with Crippen molar-refractivity contribution in [2.45, 2.75) is 38.5 Å². The number of benzene rings is 1. The Hall–Kier alpha value is -2.66. The lowest BCUT2D eigenvalue weighted by Crippen LogP contribution is -2.50. The van der Waals surface area contributed by atoms with E-state index in [9.17, 15) is 5.11 Å². The molecule has 0 radical (unpaired) electrons. The van der Waals surface area contributed by atoms with Crippen molar-refractivity contribution in [1.82, 2.24) is 14.5 Å². The van der Waals surface area contributed by atoms with Gasteiger partial charge in [-0.2, -0.15) is 0 Å². The summed E-state index contributed by atoms with van der Waals surface area (Å²) in [7, 11) is 0. The second-order valence-corrected chi connectivity index (χ2v) is 7.03. The number of ether oxygens (including phenoxy) is 1. The Bertz CT molecular complexity index is 899. The smallest absolute Gasteiger partial charge is 0.140 e. The van der Waals surface area contributed by atoms with Crippen LogP contribution in [0.15, 0.2) is 55.1 Å². The van der Waals surface area contributed by atoms with Crippen LogP contribution in [-0.4, -0.2) is 31.3 Å². The van der Waals surface area contributed by atoms with E-state index in [2.05, 4.69) is 41.2 Å². The molecule has 1 aliphatic rings. The average molecular weight is 335 g/mol. The Labute approximate surface area is 146 Å². The SMILES string of the molecule is Cc1ccc(-c2nccn2[C@@H]2c3cnccc3OC(C)(C)[C@H]2O)cc1. The van der Waals surface area contributed by atoms with Crippen LogP contribution in [0.2, 0.25) is 0 Å². The van der Waals surface area contributed by atoms with E-state index in [4.69, 9.17) is 4.74 Å². The van der Waals surface area contributed by atoms with Crippen LogP contribution in [0.3, 0.4) is 0 Å². The maximum absolute atomic E-state index is 11.0. The predicted octanol–water partition coefficient (Wildman–Crippen LogP) is 3.37. The molecule has 1 N–H and O–H groups in total. The molecule has 0 spiro atoms. The van der Waals surface area contributed by atoms with Gasteiger partial charge in [0.05, 0.1) is 6.04 Å². The molecule has 0 aliphatic carbocycles. The molecule has 25 heavy (non-hydrogen) atoms. The summed E-state index contributed by atoms with van der Waals surface area (Å²) in [5.41, 5.74) is 2.36. The summed E-state index contributed by atoms with van der Waals surface area (Å²) < 4.78 is 8.01. The molecule has 4 rings (SSSR count). The normalized spacial score (nSPS) is 21.4. The monoisotopic (exact) mass is 335 g/mol. The van der Waals surface area contributed by atoms with Gasteiger partial charge in [0.25, 0.3) is 0 Å². The molecule has 128 valence electrons. The lowest BCUT2D eigenvalue weighted by atomic mass is 9.87. The van der Waals surface area contributed by atoms with E-state index in [1.54, 1.807) is 18.6 Å². The highest BCUT2D eigenvalue weighted by molar-refractivity contribution is 5.57. The zero-order valence-corrected chi connectivity index (χ0v) is 14.5. The van der Waals surface area contributed by atoms with E-state index >= 15 is 0 Å². The number of imidazole rings is 1. The Morgan fingerprint density at radius 3 is 2.64 bits per heavy atom. The van der Waals surface area contributed by atoms with Crippen molar-refractivity contribution in [2.75, 3.05) is 0 Å². The Kier molecular flexibility index (Phi) is 3.62. The number of nitrogens with zero attached hydrogens (tertiary/aromatic N) is 3. The number of hydrogen-bond donors (Lipinski definition) is 1. The Morgan fingerprint density at radius 2 is 1.88 bits per heavy atom. The first-order valence-electron chi connectivity index (χ1n) is 8.38. The first-order valence-corrected chi connectivity index (χ1v) is 8.38. The topological polar surface area (TPSA) is 60.2 Å². The first kappa shape index (κ1) is 15.8. The molecule has 5 heteroatoms. The van der Waals surface area contributed by atoms with Crippen LogP contribution in [-0.2, 0) is 0 Å². The molecule has 5 nitrogen and oxygen atoms in total. The molecule has 0 saturated heterocycles. The van der Waals surface area contributed by atoms with Gasteiger partial charge in [-0.25, -0.2) is 4.98 Å². The number of rotatable bonds is 2. The van der Waals surface area contributed by atoms with Crippen molar-refractivity contribution in [3.05, 3.63) is 66.2 Å². The fourth-order valence-electron chi connectivity index (χ4n) is 3.37. The fourth-order valence-corrected chi connectivity index (χ4v) is 3.37. The molecule has 0 fully saturated rings. The van der Waals surface area contributed by atoms with Gasteiger partial charge in [0.15, 0.2) is 0 Å². The molecule has 0 bridgehead atoms. The van der Waals surface area contributed by atoms with Gasteiger partial charge in [0.2, 0.25) is 0 Å². The van der Waals surface area contributed by atoms with Crippen molar-refractivity contribution in [3.8, 4) is 17.1 Å². The highest BCUT2D eigenvalue weighted by atomic mass is 16.5. The van der Waals surface area contributed by atoms with E-state index < -0.39 is 11.7 Å². The molecule has 0 amide bonds. The summed E-state index contributed by atoms with van der Waals surface area (Å²) in [6.45, 7) is 5.86. The largest absolute Gasteiger partial charge is 0.485 e. The Morgan fingerprint density at radius 1 is 1.12 bits per heavy atom. The van der Waals surface area contributed by atoms with E-state index in [-0.39, 0.29) is 6.04 Å². The van der Waals surface area contributed by atoms with Gasteiger partial charge in [-0.15, -0.1) is 0 Å². The summed E-state index contributed by atoms with van der Waals surface area (Å²) in [5.74, 6) is 1.57. The molecule has 0 saturated carbocycles. The van der Waals surface area contributed by atoms with E-state index in [0.29, 0.717) is 0 Å². The second kappa shape index (κ2) is 5.70. The third-order valence-corrected chi connectivity index (χ3v) is 4.79. The molecule has 1 aromatic carbocycles. The zero-order valence-electron chi connectivity index (χ0n) is 14.5. The lowest BCUT2D eigenvalue weighted by molar-refractivity contribution is -0.0635. The van der Waals surface area contributed by atoms with Gasteiger partial charge in [0, 0.05) is 35.9 Å². The summed E-state index contributed by atoms with van der Waals surface area (Å²) in [6, 6.07) is 9.76. The lowest BCUT2D eigenvalue weighted by Gasteiger charge is -2.42. The maximum Gasteiger partial charge on any atom is 0.140 e. The van der Waals surface area contributed by atoms with Crippen LogP contribution in [0.4, 0.5) is 0 Å². The van der Waals surface area contributed by atoms with Crippen molar-refractivity contribution in [2.24, 2.45) is 0 Å². The van der Waals surface area contributed by atoms with Gasteiger partial charge < -0.3 is 14.4 Å². The third-order valence-electron chi connectivity index (χ3n) is 4.79. The number of aryl methyl sites for hydroxylation is 1. The number of pyridine rings is 1. The second-order valence-electron chi connectivity index (χ2n) is 7.03. The first-order chi connectivity index (χ1) is 12.0. The van der Waals surface area contributed by atoms with Crippen LogP contribution < -0.4 is 4.74 Å². The number of hydrogen-bond acceptors (Lipinski definition) is 4. The van der Waals surface area contributed by atoms with Crippen LogP contribution in [0, 0.1) is 6.92 Å². The highest BCUT2D eigenvalue weighted by Gasteiger charge is 2.44. The number of aliphatic hydroxyl groups excluding tert-OH is 1. The van der Waals surface area contributed by atoms with Crippen molar-refractivity contribution >= 4 is 0 Å². The van der Waals surface area contributed by atoms with Crippen molar-refractivity contribution in [3.63, 3.8) is 0 Å². The number of aromatic nitrogens is 3. The summed E-state index contributed by atoms with van der Waals surface area (Å²) >= 11 is 0. The molecular weight excluding hydrogens is 314 g/mol. The standard InChI is InChI=1S/C20H21N3O2/c1-13-4-6-14(7-5-13)19-22-10-11-23(19)17-15-12-21-9-8-16(15)25-20(2,3)18(17)24/h4-12,17-18,24H,1-3H3/t17-,18+/m1/s1. The van der Waals surface area contributed by atoms with Gasteiger partial charge in [-0.1, -0.05) is 29.8 Å². The molecular formula is C20H21N3O2. The van der Waals surface area contributed by atoms with Crippen LogP contribution in [0.1, 0.15) is 31.0 Å². The average Bonchev–Trinajstić information content (AvgIpc) is 3.05. The minimum Gasteiger partial charge on any atom is -0.485 e. The van der Waals surface area contributed by atoms with Gasteiger partial charge in [0.1, 0.15) is 23.3 Å². The van der Waals surface area contributed by atoms with Gasteiger partial charge in [-0.3, -0.25) is 4.98 Å². The fraction of sp³-hybridized carbons (Fsp3) is 0.300. The van der Waals surface area contributed by atoms with Crippen LogP contribution in [0.25, 0.3) is 11.4 Å². The van der Waals surface area contributed by atoms with E-state index in [1.807, 2.05) is 30.7 Å². The predicted molar refractivity (Wildman–Crippen MR) is 95.5 cm³/mol. The van der Waals surface area contributed by atoms with Crippen LogP contribution in [0.5, 0.6) is 5.75 Å². The molecule has 2 aromatic heterocycles. The molecule has 1 aliphatic heterocycles. The van der Waals surface area contributed by atoms with E-state index in [0.717, 1.165) is 22.7 Å². The quantitative estimate of drug-likeness (QED) is 0.780. The highest BCUT2D eigenvalue weighted by Crippen LogP contribution is 2.42.